The van der Waals surface area contributed by atoms with Gasteiger partial charge in [-0.2, -0.15) is 0 Å². The lowest BCUT2D eigenvalue weighted by molar-refractivity contribution is 0.270. The van der Waals surface area contributed by atoms with Crippen LogP contribution >= 0.6 is 0 Å². The van der Waals surface area contributed by atoms with Crippen molar-refractivity contribution in [2.75, 3.05) is 32.7 Å². The minimum Gasteiger partial charge on any atom is -0.314 e. The quantitative estimate of drug-likeness (QED) is 0.379. The molecule has 0 bridgehead atoms. The largest absolute Gasteiger partial charge is 0.314 e. The van der Waals surface area contributed by atoms with Crippen molar-refractivity contribution < 1.29 is 0 Å². The summed E-state index contributed by atoms with van der Waals surface area (Å²) < 4.78 is 0. The molecule has 2 aliphatic heterocycles. The van der Waals surface area contributed by atoms with Crippen molar-refractivity contribution in [3.05, 3.63) is 0 Å². The third kappa shape index (κ3) is 1.84. The molecule has 0 aromatic rings. The Morgan fingerprint density at radius 3 is 2.83 bits per heavy atom. The lowest BCUT2D eigenvalue weighted by Crippen LogP contribution is -2.48. The number of hydrogen-bond acceptors (Lipinski definition) is 6. The zero-order valence-electron chi connectivity index (χ0n) is 6.93. The van der Waals surface area contributed by atoms with Crippen LogP contribution in [0.15, 0.2) is 5.10 Å². The molecule has 0 unspecified atom stereocenters. The van der Waals surface area contributed by atoms with Crippen LogP contribution in [-0.4, -0.2) is 43.5 Å². The van der Waals surface area contributed by atoms with Crippen molar-refractivity contribution in [1.29, 1.82) is 0 Å². The molecule has 12 heavy (non-hydrogen) atoms. The summed E-state index contributed by atoms with van der Waals surface area (Å²) in [5, 5.41) is 7.32. The number of hydrazine groups is 2. The second kappa shape index (κ2) is 3.70. The van der Waals surface area contributed by atoms with Crippen molar-refractivity contribution in [3.8, 4) is 0 Å². The van der Waals surface area contributed by atoms with Crippen LogP contribution in [0, 0.1) is 0 Å². The minimum atomic E-state index is 0.891. The van der Waals surface area contributed by atoms with Gasteiger partial charge in [0.15, 0.2) is 5.84 Å². The molecule has 0 aromatic carbocycles. The lowest BCUT2D eigenvalue weighted by Gasteiger charge is -2.26. The molecule has 6 nitrogen and oxygen atoms in total. The van der Waals surface area contributed by atoms with Gasteiger partial charge >= 0.3 is 0 Å². The summed E-state index contributed by atoms with van der Waals surface area (Å²) in [5.74, 6) is 0.955. The minimum absolute atomic E-state index is 0.891. The Morgan fingerprint density at radius 2 is 2.17 bits per heavy atom. The average Bonchev–Trinajstić information content (AvgIpc) is 2.59. The highest BCUT2D eigenvalue weighted by molar-refractivity contribution is 5.84. The molecule has 1 saturated heterocycles. The molecule has 1 fully saturated rings. The Bertz CT molecular complexity index is 173. The van der Waals surface area contributed by atoms with Gasteiger partial charge in [0.25, 0.3) is 0 Å². The first-order valence-electron chi connectivity index (χ1n) is 4.21. The summed E-state index contributed by atoms with van der Waals surface area (Å²) in [7, 11) is 0. The number of hydrogen-bond donors (Lipinski definition) is 4. The van der Waals surface area contributed by atoms with Crippen molar-refractivity contribution in [2.24, 2.45) is 5.10 Å². The summed E-state index contributed by atoms with van der Waals surface area (Å²) in [6.45, 7) is 5.24. The Kier molecular flexibility index (Phi) is 2.40. The molecule has 2 aliphatic rings. The van der Waals surface area contributed by atoms with E-state index in [0.717, 1.165) is 38.6 Å². The second-order valence-electron chi connectivity index (χ2n) is 2.95. The smallest absolute Gasteiger partial charge is 0.153 e. The molecule has 0 aliphatic carbocycles. The van der Waals surface area contributed by atoms with Crippen LogP contribution < -0.4 is 21.8 Å². The van der Waals surface area contributed by atoms with Gasteiger partial charge in [0.1, 0.15) is 0 Å². The van der Waals surface area contributed by atoms with E-state index in [9.17, 15) is 0 Å². The van der Waals surface area contributed by atoms with Gasteiger partial charge in [0.2, 0.25) is 0 Å². The van der Waals surface area contributed by atoms with Gasteiger partial charge in [0.05, 0.1) is 6.54 Å². The molecular formula is C6H14N6. The zero-order valence-corrected chi connectivity index (χ0v) is 6.93. The highest BCUT2D eigenvalue weighted by Gasteiger charge is 2.13. The first-order valence-corrected chi connectivity index (χ1v) is 4.21. The second-order valence-corrected chi connectivity index (χ2v) is 2.95. The van der Waals surface area contributed by atoms with Crippen molar-refractivity contribution in [3.63, 3.8) is 0 Å². The summed E-state index contributed by atoms with van der Waals surface area (Å²) in [6.07, 6.45) is 0. The Morgan fingerprint density at radius 1 is 1.33 bits per heavy atom. The lowest BCUT2D eigenvalue weighted by atomic mass is 10.3. The van der Waals surface area contributed by atoms with E-state index < -0.39 is 0 Å². The molecule has 4 N–H and O–H groups in total. The maximum Gasteiger partial charge on any atom is 0.153 e. The molecule has 2 heterocycles. The summed E-state index contributed by atoms with van der Waals surface area (Å²) >= 11 is 0. The van der Waals surface area contributed by atoms with E-state index in [4.69, 9.17) is 0 Å². The normalized spacial score (nSPS) is 24.5. The van der Waals surface area contributed by atoms with Gasteiger partial charge < -0.3 is 5.32 Å². The van der Waals surface area contributed by atoms with E-state index in [1.165, 1.54) is 0 Å². The van der Waals surface area contributed by atoms with E-state index in [1.807, 2.05) is 0 Å². The van der Waals surface area contributed by atoms with Crippen LogP contribution in [0.5, 0.6) is 0 Å². The molecule has 0 atom stereocenters. The van der Waals surface area contributed by atoms with Crippen molar-refractivity contribution in [1.82, 2.24) is 26.7 Å². The summed E-state index contributed by atoms with van der Waals surface area (Å²) in [6, 6.07) is 0. The number of rotatable bonds is 2. The van der Waals surface area contributed by atoms with Gasteiger partial charge in [-0.05, 0) is 0 Å². The Balaban J connectivity index is 1.77. The monoisotopic (exact) mass is 170 g/mol. The molecule has 6 heteroatoms. The maximum atomic E-state index is 4.01. The highest BCUT2D eigenvalue weighted by Crippen LogP contribution is 1.92. The standard InChI is InChI=1S/C6H14N6/c1-3-12(4-2-7-1)5-6-8-10-11-9-6/h7,10-11H,1-5H2,(H,8,9). The van der Waals surface area contributed by atoms with Gasteiger partial charge in [-0.15, -0.1) is 10.6 Å². The molecule has 0 radical (unpaired) electrons. The SMILES string of the molecule is C1CN(CC2=NNNN2)CCN1. The predicted octanol–water partition coefficient (Wildman–Crippen LogP) is -2.18. The number of nitrogens with zero attached hydrogens (tertiary/aromatic N) is 2. The molecule has 68 valence electrons. The van der Waals surface area contributed by atoms with E-state index >= 15 is 0 Å². The van der Waals surface area contributed by atoms with Crippen LogP contribution in [0.4, 0.5) is 0 Å². The van der Waals surface area contributed by atoms with E-state index in [2.05, 4.69) is 31.8 Å². The van der Waals surface area contributed by atoms with Crippen LogP contribution in [0.2, 0.25) is 0 Å². The number of nitrogens with one attached hydrogen (secondary N) is 4. The zero-order chi connectivity index (χ0) is 8.23. The van der Waals surface area contributed by atoms with Gasteiger partial charge in [-0.3, -0.25) is 10.3 Å². The molecule has 0 amide bonds. The van der Waals surface area contributed by atoms with Gasteiger partial charge in [-0.25, -0.2) is 5.53 Å². The summed E-state index contributed by atoms with van der Waals surface area (Å²) in [4.78, 5) is 2.36. The van der Waals surface area contributed by atoms with E-state index in [1.54, 1.807) is 0 Å². The third-order valence-electron chi connectivity index (χ3n) is 2.04. The van der Waals surface area contributed by atoms with Crippen LogP contribution in [-0.2, 0) is 0 Å². The van der Waals surface area contributed by atoms with Crippen LogP contribution in [0.25, 0.3) is 0 Å². The Hall–Kier alpha value is -0.850. The van der Waals surface area contributed by atoms with Gasteiger partial charge in [-0.1, -0.05) is 0 Å². The number of hydrazone groups is 1. The highest BCUT2D eigenvalue weighted by atomic mass is 15.8. The fraction of sp³-hybridized carbons (Fsp3) is 0.833. The topological polar surface area (TPSA) is 63.7 Å². The predicted molar refractivity (Wildman–Crippen MR) is 46.2 cm³/mol. The fourth-order valence-corrected chi connectivity index (χ4v) is 1.38. The number of piperazine rings is 1. The van der Waals surface area contributed by atoms with Crippen molar-refractivity contribution in [2.45, 2.75) is 0 Å². The van der Waals surface area contributed by atoms with E-state index in [-0.39, 0.29) is 0 Å². The molecular weight excluding hydrogens is 156 g/mol. The molecule has 0 spiro atoms. The fourth-order valence-electron chi connectivity index (χ4n) is 1.38. The van der Waals surface area contributed by atoms with Crippen LogP contribution in [0.1, 0.15) is 0 Å². The molecule has 0 saturated carbocycles. The Labute approximate surface area is 71.3 Å². The van der Waals surface area contributed by atoms with Gasteiger partial charge in [0, 0.05) is 26.2 Å². The van der Waals surface area contributed by atoms with Crippen molar-refractivity contribution >= 4 is 5.84 Å². The van der Waals surface area contributed by atoms with Crippen LogP contribution in [0.3, 0.4) is 0 Å². The summed E-state index contributed by atoms with van der Waals surface area (Å²) in [5.41, 5.74) is 8.29. The maximum absolute atomic E-state index is 4.01. The van der Waals surface area contributed by atoms with E-state index in [0.29, 0.717) is 0 Å². The first kappa shape index (κ1) is 7.78. The molecule has 2 rings (SSSR count). The average molecular weight is 170 g/mol. The number of amidine groups is 1. The first-order chi connectivity index (χ1) is 5.95. The third-order valence-corrected chi connectivity index (χ3v) is 2.04. The molecule has 0 aromatic heterocycles.